The van der Waals surface area contributed by atoms with Crippen LogP contribution in [0, 0.1) is 5.92 Å². The van der Waals surface area contributed by atoms with Crippen LogP contribution >= 0.6 is 11.3 Å². The second-order valence-corrected chi connectivity index (χ2v) is 15.8. The van der Waals surface area contributed by atoms with Crippen LogP contribution in [0.2, 0.25) is 18.1 Å². The molecule has 1 aliphatic carbocycles. The quantitative estimate of drug-likeness (QED) is 0.295. The SMILES string of the molecule is CC(C)(C)[Si](C)(C)OC(c1ccc(CCCCCc2cccnc2)s1)C1CC1. The highest BCUT2D eigenvalue weighted by Crippen LogP contribution is 2.49. The molecule has 0 N–H and O–H groups in total. The molecule has 1 aliphatic rings. The molecule has 0 spiro atoms. The van der Waals surface area contributed by atoms with E-state index in [1.165, 1.54) is 53.8 Å². The highest BCUT2D eigenvalue weighted by Gasteiger charge is 2.43. The Morgan fingerprint density at radius 2 is 1.86 bits per heavy atom. The van der Waals surface area contributed by atoms with Gasteiger partial charge in [0.1, 0.15) is 0 Å². The van der Waals surface area contributed by atoms with E-state index in [1.54, 1.807) is 0 Å². The molecule has 2 aromatic rings. The summed E-state index contributed by atoms with van der Waals surface area (Å²) in [6.45, 7) is 11.8. The third kappa shape index (κ3) is 6.01. The summed E-state index contributed by atoms with van der Waals surface area (Å²) >= 11 is 2.00. The van der Waals surface area contributed by atoms with Crippen molar-refractivity contribution in [3.05, 3.63) is 52.0 Å². The summed E-state index contributed by atoms with van der Waals surface area (Å²) in [7, 11) is -1.73. The van der Waals surface area contributed by atoms with Crippen LogP contribution in [0.15, 0.2) is 36.7 Å². The number of nitrogens with zero attached hydrogens (tertiary/aromatic N) is 1. The molecule has 2 aromatic heterocycles. The predicted octanol–water partition coefficient (Wildman–Crippen LogP) is 7.57. The monoisotopic (exact) mass is 415 g/mol. The minimum atomic E-state index is -1.73. The van der Waals surface area contributed by atoms with Crippen LogP contribution in [-0.4, -0.2) is 13.3 Å². The first-order chi connectivity index (χ1) is 13.3. The van der Waals surface area contributed by atoms with Crippen molar-refractivity contribution in [2.45, 2.75) is 90.0 Å². The molecule has 0 amide bonds. The first kappa shape index (κ1) is 21.7. The average Bonchev–Trinajstić information content (AvgIpc) is 3.38. The van der Waals surface area contributed by atoms with Crippen LogP contribution in [0.3, 0.4) is 0 Å². The van der Waals surface area contributed by atoms with E-state index < -0.39 is 8.32 Å². The van der Waals surface area contributed by atoms with E-state index in [2.05, 4.69) is 57.0 Å². The van der Waals surface area contributed by atoms with Gasteiger partial charge in [-0.3, -0.25) is 4.98 Å². The van der Waals surface area contributed by atoms with Gasteiger partial charge in [0.25, 0.3) is 0 Å². The molecule has 0 aliphatic heterocycles. The predicted molar refractivity (Wildman–Crippen MR) is 124 cm³/mol. The maximum atomic E-state index is 6.86. The number of aryl methyl sites for hydroxylation is 2. The van der Waals surface area contributed by atoms with Crippen LogP contribution in [0.25, 0.3) is 0 Å². The minimum Gasteiger partial charge on any atom is -0.409 e. The minimum absolute atomic E-state index is 0.272. The van der Waals surface area contributed by atoms with Crippen LogP contribution in [0.1, 0.15) is 74.3 Å². The van der Waals surface area contributed by atoms with Crippen LogP contribution in [-0.2, 0) is 17.3 Å². The molecule has 1 saturated carbocycles. The molecule has 4 heteroatoms. The third-order valence-electron chi connectivity index (χ3n) is 6.35. The van der Waals surface area contributed by atoms with Gasteiger partial charge >= 0.3 is 0 Å². The number of rotatable bonds is 10. The van der Waals surface area contributed by atoms with Crippen molar-refractivity contribution in [3.63, 3.8) is 0 Å². The van der Waals surface area contributed by atoms with Crippen LogP contribution in [0.5, 0.6) is 0 Å². The highest BCUT2D eigenvalue weighted by molar-refractivity contribution is 7.12. The zero-order valence-corrected chi connectivity index (χ0v) is 20.1. The largest absolute Gasteiger partial charge is 0.409 e. The van der Waals surface area contributed by atoms with Crippen LogP contribution < -0.4 is 0 Å². The van der Waals surface area contributed by atoms with Gasteiger partial charge < -0.3 is 4.43 Å². The maximum absolute atomic E-state index is 6.86. The fraction of sp³-hybridized carbons (Fsp3) is 0.625. The van der Waals surface area contributed by atoms with Crippen molar-refractivity contribution in [3.8, 4) is 0 Å². The van der Waals surface area contributed by atoms with E-state index in [1.807, 2.05) is 29.8 Å². The highest BCUT2D eigenvalue weighted by atomic mass is 32.1. The lowest BCUT2D eigenvalue weighted by atomic mass is 10.1. The summed E-state index contributed by atoms with van der Waals surface area (Å²) in [5, 5.41) is 0.272. The van der Waals surface area contributed by atoms with E-state index in [-0.39, 0.29) is 5.04 Å². The molecule has 2 heterocycles. The molecule has 2 nitrogen and oxygen atoms in total. The lowest BCUT2D eigenvalue weighted by Gasteiger charge is -2.39. The molecule has 1 fully saturated rings. The van der Waals surface area contributed by atoms with Crippen LogP contribution in [0.4, 0.5) is 0 Å². The Labute approximate surface area is 176 Å². The lowest BCUT2D eigenvalue weighted by Crippen LogP contribution is -2.42. The molecule has 28 heavy (non-hydrogen) atoms. The van der Waals surface area contributed by atoms with Gasteiger partial charge in [-0.1, -0.05) is 33.3 Å². The molecule has 0 aromatic carbocycles. The molecule has 154 valence electrons. The van der Waals surface area contributed by atoms with Gasteiger partial charge in [0.15, 0.2) is 8.32 Å². The van der Waals surface area contributed by atoms with Gasteiger partial charge in [-0.25, -0.2) is 0 Å². The molecule has 3 rings (SSSR count). The van der Waals surface area contributed by atoms with Gasteiger partial charge in [-0.15, -0.1) is 11.3 Å². The van der Waals surface area contributed by atoms with Gasteiger partial charge in [0.05, 0.1) is 6.10 Å². The summed E-state index contributed by atoms with van der Waals surface area (Å²) in [6.07, 6.45) is 13.0. The second kappa shape index (κ2) is 9.23. The molecule has 1 unspecified atom stereocenters. The summed E-state index contributed by atoms with van der Waals surface area (Å²) < 4.78 is 6.86. The van der Waals surface area contributed by atoms with E-state index in [4.69, 9.17) is 4.43 Å². The molecular weight excluding hydrogens is 378 g/mol. The number of unbranched alkanes of at least 4 members (excludes halogenated alkanes) is 2. The maximum Gasteiger partial charge on any atom is 0.192 e. The molecule has 1 atom stereocenters. The number of pyridine rings is 1. The first-order valence-corrected chi connectivity index (χ1v) is 14.6. The van der Waals surface area contributed by atoms with Gasteiger partial charge in [0.2, 0.25) is 0 Å². The Balaban J connectivity index is 1.49. The van der Waals surface area contributed by atoms with Gasteiger partial charge in [-0.2, -0.15) is 0 Å². The van der Waals surface area contributed by atoms with Crippen molar-refractivity contribution in [2.24, 2.45) is 5.92 Å². The number of hydrogen-bond acceptors (Lipinski definition) is 3. The van der Waals surface area contributed by atoms with E-state index in [0.29, 0.717) is 6.10 Å². The standard InChI is InChI=1S/C24H37NOSSi/c1-24(2,3)28(4,5)26-23(20-13-14-20)22-16-15-21(27-22)12-8-6-7-10-19-11-9-17-25-18-19/h9,11,15-18,20,23H,6-8,10,12-14H2,1-5H3. The summed E-state index contributed by atoms with van der Waals surface area (Å²) in [5.41, 5.74) is 1.36. The van der Waals surface area contributed by atoms with Crippen molar-refractivity contribution in [2.75, 3.05) is 0 Å². The average molecular weight is 416 g/mol. The fourth-order valence-electron chi connectivity index (χ4n) is 3.31. The molecule has 0 saturated heterocycles. The Morgan fingerprint density at radius 1 is 1.11 bits per heavy atom. The number of thiophene rings is 1. The van der Waals surface area contributed by atoms with Crippen molar-refractivity contribution < 1.29 is 4.43 Å². The molecular formula is C24H37NOSSi. The Bertz CT molecular complexity index is 731. The Hall–Kier alpha value is -0.973. The van der Waals surface area contributed by atoms with E-state index in [0.717, 1.165) is 12.3 Å². The normalized spacial score (nSPS) is 16.3. The topological polar surface area (TPSA) is 22.1 Å². The van der Waals surface area contributed by atoms with Gasteiger partial charge in [0, 0.05) is 22.1 Å². The number of aromatic nitrogens is 1. The fourth-order valence-corrected chi connectivity index (χ4v) is 5.88. The Kier molecular flexibility index (Phi) is 7.16. The molecule has 0 radical (unpaired) electrons. The van der Waals surface area contributed by atoms with Crippen molar-refractivity contribution in [1.82, 2.24) is 4.98 Å². The first-order valence-electron chi connectivity index (χ1n) is 10.9. The van der Waals surface area contributed by atoms with Gasteiger partial charge in [-0.05, 0) is 86.3 Å². The zero-order chi connectivity index (χ0) is 20.2. The second-order valence-electron chi connectivity index (χ2n) is 9.86. The smallest absolute Gasteiger partial charge is 0.192 e. The Morgan fingerprint density at radius 3 is 2.50 bits per heavy atom. The van der Waals surface area contributed by atoms with E-state index in [9.17, 15) is 0 Å². The number of hydrogen-bond donors (Lipinski definition) is 0. The third-order valence-corrected chi connectivity index (χ3v) is 12.0. The van der Waals surface area contributed by atoms with E-state index >= 15 is 0 Å². The summed E-state index contributed by atoms with van der Waals surface area (Å²) in [5.74, 6) is 0.750. The zero-order valence-electron chi connectivity index (χ0n) is 18.3. The molecule has 0 bridgehead atoms. The van der Waals surface area contributed by atoms with Crippen molar-refractivity contribution in [1.29, 1.82) is 0 Å². The summed E-state index contributed by atoms with van der Waals surface area (Å²) in [6, 6.07) is 8.92. The summed E-state index contributed by atoms with van der Waals surface area (Å²) in [4.78, 5) is 7.20. The lowest BCUT2D eigenvalue weighted by molar-refractivity contribution is 0.164. The van der Waals surface area contributed by atoms with Crippen molar-refractivity contribution >= 4 is 19.7 Å².